The Morgan fingerprint density at radius 3 is 3.00 bits per heavy atom. The number of carbonyl (C=O) groups is 1. The number of halogens is 1. The van der Waals surface area contributed by atoms with Crippen LogP contribution in [0.1, 0.15) is 19.8 Å². The van der Waals surface area contributed by atoms with Crippen LogP contribution in [0, 0.1) is 0 Å². The molecule has 0 saturated carbocycles. The van der Waals surface area contributed by atoms with Gasteiger partial charge in [-0.25, -0.2) is 4.79 Å². The lowest BCUT2D eigenvalue weighted by molar-refractivity contribution is 0.173. The first-order chi connectivity index (χ1) is 8.57. The summed E-state index contributed by atoms with van der Waals surface area (Å²) in [5.41, 5.74) is 6.10. The van der Waals surface area contributed by atoms with Crippen LogP contribution in [-0.2, 0) is 4.74 Å². The van der Waals surface area contributed by atoms with E-state index in [1.807, 2.05) is 31.2 Å². The molecule has 2 rings (SSSR count). The number of nitrogens with zero attached hydrogens (tertiary/aromatic N) is 1. The Kier molecular flexibility index (Phi) is 3.92. The molecule has 0 bridgehead atoms. The lowest BCUT2D eigenvalue weighted by atomic mass is 9.95. The minimum Gasteiger partial charge on any atom is -0.447 e. The number of hydrogen-bond acceptors (Lipinski definition) is 3. The molecule has 2 N–H and O–H groups in total. The van der Waals surface area contributed by atoms with Crippen molar-refractivity contribution in [3.8, 4) is 0 Å². The van der Waals surface area contributed by atoms with Gasteiger partial charge < -0.3 is 10.5 Å². The first kappa shape index (κ1) is 13.4. The summed E-state index contributed by atoms with van der Waals surface area (Å²) in [6.45, 7) is 3.07. The molecular weight excluding hydrogens is 296 g/mol. The third-order valence-corrected chi connectivity index (χ3v) is 3.71. The Hall–Kier alpha value is -1.07. The van der Waals surface area contributed by atoms with Crippen molar-refractivity contribution in [1.29, 1.82) is 0 Å². The molecule has 4 nitrogen and oxygen atoms in total. The molecule has 98 valence electrons. The minimum atomic E-state index is -0.308. The second-order valence-electron chi connectivity index (χ2n) is 4.76. The molecule has 1 aromatic rings. The van der Waals surface area contributed by atoms with E-state index in [0.717, 1.165) is 23.0 Å². The number of cyclic esters (lactones) is 1. The van der Waals surface area contributed by atoms with Crippen molar-refractivity contribution < 1.29 is 9.53 Å². The zero-order chi connectivity index (χ0) is 13.2. The average Bonchev–Trinajstić information content (AvgIpc) is 2.63. The van der Waals surface area contributed by atoms with Gasteiger partial charge in [-0.05, 0) is 44.5 Å². The van der Waals surface area contributed by atoms with Crippen molar-refractivity contribution in [2.24, 2.45) is 5.73 Å². The lowest BCUT2D eigenvalue weighted by Crippen LogP contribution is -2.45. The van der Waals surface area contributed by atoms with E-state index in [4.69, 9.17) is 10.5 Å². The summed E-state index contributed by atoms with van der Waals surface area (Å²) in [5, 5.41) is 0. The van der Waals surface area contributed by atoms with E-state index in [2.05, 4.69) is 15.9 Å². The van der Waals surface area contributed by atoms with Crippen molar-refractivity contribution in [3.05, 3.63) is 28.7 Å². The van der Waals surface area contributed by atoms with Crippen LogP contribution < -0.4 is 10.6 Å². The van der Waals surface area contributed by atoms with Gasteiger partial charge in [-0.1, -0.05) is 22.0 Å². The van der Waals surface area contributed by atoms with E-state index >= 15 is 0 Å². The predicted molar refractivity (Wildman–Crippen MR) is 74.7 cm³/mol. The standard InChI is InChI=1S/C13H17BrN2O2/c1-13(6-3-7-15)9-18-12(17)16(13)11-5-2-4-10(14)8-11/h2,4-5,8H,3,6-7,9,15H2,1H3. The maximum atomic E-state index is 11.9. The highest BCUT2D eigenvalue weighted by Crippen LogP contribution is 2.34. The fourth-order valence-corrected chi connectivity index (χ4v) is 2.65. The second-order valence-corrected chi connectivity index (χ2v) is 5.67. The first-order valence-electron chi connectivity index (χ1n) is 5.99. The third-order valence-electron chi connectivity index (χ3n) is 3.21. The van der Waals surface area contributed by atoms with Crippen LogP contribution in [0.2, 0.25) is 0 Å². The van der Waals surface area contributed by atoms with Gasteiger partial charge in [-0.2, -0.15) is 0 Å². The molecule has 0 aliphatic carbocycles. The fraction of sp³-hybridized carbons (Fsp3) is 0.462. The zero-order valence-corrected chi connectivity index (χ0v) is 11.9. The van der Waals surface area contributed by atoms with Gasteiger partial charge in [0.15, 0.2) is 0 Å². The molecule has 1 aromatic carbocycles. The summed E-state index contributed by atoms with van der Waals surface area (Å²) >= 11 is 3.42. The first-order valence-corrected chi connectivity index (χ1v) is 6.79. The third kappa shape index (κ3) is 2.52. The smallest absolute Gasteiger partial charge is 0.415 e. The van der Waals surface area contributed by atoms with Gasteiger partial charge in [-0.3, -0.25) is 4.90 Å². The molecule has 18 heavy (non-hydrogen) atoms. The molecule has 0 aromatic heterocycles. The number of anilines is 1. The molecule has 0 radical (unpaired) electrons. The average molecular weight is 313 g/mol. The number of nitrogens with two attached hydrogens (primary N) is 1. The quantitative estimate of drug-likeness (QED) is 0.930. The highest BCUT2D eigenvalue weighted by Gasteiger charge is 2.44. The van der Waals surface area contributed by atoms with Crippen molar-refractivity contribution in [2.45, 2.75) is 25.3 Å². The Bertz CT molecular complexity index is 452. The van der Waals surface area contributed by atoms with Gasteiger partial charge in [0.05, 0.1) is 5.54 Å². The molecule has 1 atom stereocenters. The van der Waals surface area contributed by atoms with E-state index in [1.165, 1.54) is 0 Å². The lowest BCUT2D eigenvalue weighted by Gasteiger charge is -2.32. The molecule has 1 aliphatic rings. The van der Waals surface area contributed by atoms with Crippen molar-refractivity contribution in [3.63, 3.8) is 0 Å². The predicted octanol–water partition coefficient (Wildman–Crippen LogP) is 2.90. The number of amides is 1. The SMILES string of the molecule is CC1(CCCN)COC(=O)N1c1cccc(Br)c1. The summed E-state index contributed by atoms with van der Waals surface area (Å²) in [7, 11) is 0. The van der Waals surface area contributed by atoms with Crippen LogP contribution in [0.3, 0.4) is 0 Å². The van der Waals surface area contributed by atoms with Crippen molar-refractivity contribution in [2.75, 3.05) is 18.1 Å². The minimum absolute atomic E-state index is 0.285. The maximum Gasteiger partial charge on any atom is 0.415 e. The number of rotatable bonds is 4. The fourth-order valence-electron chi connectivity index (χ4n) is 2.27. The van der Waals surface area contributed by atoms with Crippen LogP contribution in [0.15, 0.2) is 28.7 Å². The Morgan fingerprint density at radius 1 is 1.56 bits per heavy atom. The van der Waals surface area contributed by atoms with Gasteiger partial charge in [0, 0.05) is 10.2 Å². The van der Waals surface area contributed by atoms with E-state index in [-0.39, 0.29) is 11.6 Å². The molecule has 1 unspecified atom stereocenters. The number of carbonyl (C=O) groups excluding carboxylic acids is 1. The highest BCUT2D eigenvalue weighted by molar-refractivity contribution is 9.10. The second kappa shape index (κ2) is 5.28. The highest BCUT2D eigenvalue weighted by atomic mass is 79.9. The largest absolute Gasteiger partial charge is 0.447 e. The normalized spacial score (nSPS) is 23.3. The van der Waals surface area contributed by atoms with E-state index in [0.29, 0.717) is 13.2 Å². The number of hydrogen-bond donors (Lipinski definition) is 1. The topological polar surface area (TPSA) is 55.6 Å². The van der Waals surface area contributed by atoms with Crippen LogP contribution in [0.4, 0.5) is 10.5 Å². The molecule has 5 heteroatoms. The molecule has 1 heterocycles. The summed E-state index contributed by atoms with van der Waals surface area (Å²) in [5.74, 6) is 0. The molecule has 1 saturated heterocycles. The summed E-state index contributed by atoms with van der Waals surface area (Å²) < 4.78 is 6.15. The molecule has 0 spiro atoms. The number of benzene rings is 1. The maximum absolute atomic E-state index is 11.9. The van der Waals surface area contributed by atoms with Crippen LogP contribution >= 0.6 is 15.9 Å². The Morgan fingerprint density at radius 2 is 2.33 bits per heavy atom. The summed E-state index contributed by atoms with van der Waals surface area (Å²) in [6, 6.07) is 7.68. The molecular formula is C13H17BrN2O2. The van der Waals surface area contributed by atoms with Crippen LogP contribution in [-0.4, -0.2) is 24.8 Å². The Balaban J connectivity index is 2.30. The van der Waals surface area contributed by atoms with Crippen LogP contribution in [0.5, 0.6) is 0 Å². The summed E-state index contributed by atoms with van der Waals surface area (Å²) in [6.07, 6.45) is 1.42. The van der Waals surface area contributed by atoms with E-state index in [9.17, 15) is 4.79 Å². The van der Waals surface area contributed by atoms with Gasteiger partial charge in [0.1, 0.15) is 6.61 Å². The molecule has 1 fully saturated rings. The molecule has 1 amide bonds. The van der Waals surface area contributed by atoms with Gasteiger partial charge >= 0.3 is 6.09 Å². The van der Waals surface area contributed by atoms with Gasteiger partial charge in [0.25, 0.3) is 0 Å². The van der Waals surface area contributed by atoms with E-state index in [1.54, 1.807) is 4.90 Å². The van der Waals surface area contributed by atoms with E-state index < -0.39 is 0 Å². The Labute approximate surface area is 115 Å². The summed E-state index contributed by atoms with van der Waals surface area (Å²) in [4.78, 5) is 13.7. The zero-order valence-electron chi connectivity index (χ0n) is 10.4. The van der Waals surface area contributed by atoms with Crippen LogP contribution in [0.25, 0.3) is 0 Å². The van der Waals surface area contributed by atoms with Gasteiger partial charge in [-0.15, -0.1) is 0 Å². The van der Waals surface area contributed by atoms with Crippen molar-refractivity contribution >= 4 is 27.7 Å². The number of ether oxygens (including phenoxy) is 1. The van der Waals surface area contributed by atoms with Crippen molar-refractivity contribution in [1.82, 2.24) is 0 Å². The van der Waals surface area contributed by atoms with Gasteiger partial charge in [0.2, 0.25) is 0 Å². The molecule has 1 aliphatic heterocycles. The monoisotopic (exact) mass is 312 g/mol.